The predicted octanol–water partition coefficient (Wildman–Crippen LogP) is 2.29. The number of nitrogens with one attached hydrogen (secondary N) is 1. The molecule has 1 aromatic carbocycles. The summed E-state index contributed by atoms with van der Waals surface area (Å²) in [5.74, 6) is -1.39. The molecule has 114 valence electrons. The van der Waals surface area contributed by atoms with Gasteiger partial charge in [0, 0.05) is 4.47 Å². The zero-order valence-corrected chi connectivity index (χ0v) is 13.4. The first-order chi connectivity index (χ1) is 10.4. The fourth-order valence-corrected chi connectivity index (χ4v) is 2.54. The van der Waals surface area contributed by atoms with E-state index in [2.05, 4.69) is 26.3 Å². The van der Waals surface area contributed by atoms with E-state index in [4.69, 9.17) is 5.11 Å². The summed E-state index contributed by atoms with van der Waals surface area (Å²) in [4.78, 5) is 23.4. The minimum absolute atomic E-state index is 0.385. The van der Waals surface area contributed by atoms with Crippen molar-refractivity contribution in [1.29, 1.82) is 0 Å². The summed E-state index contributed by atoms with van der Waals surface area (Å²) in [5.41, 5.74) is 0.791. The molecule has 1 saturated carbocycles. The summed E-state index contributed by atoms with van der Waals surface area (Å²) in [7, 11) is 0. The van der Waals surface area contributed by atoms with E-state index in [-0.39, 0.29) is 0 Å². The standard InChI is InChI=1S/C15H14BrN3O3/c1-9-12(13(20)18-15(6-7-15)14(21)22)8-17-19(9)11-4-2-10(16)3-5-11/h2-5,8H,6-7H2,1H3,(H,18,20)(H,21,22). The number of halogens is 1. The molecule has 2 N–H and O–H groups in total. The largest absolute Gasteiger partial charge is 0.480 e. The third-order valence-electron chi connectivity index (χ3n) is 3.84. The van der Waals surface area contributed by atoms with E-state index in [1.54, 1.807) is 11.6 Å². The van der Waals surface area contributed by atoms with Gasteiger partial charge >= 0.3 is 5.97 Å². The minimum Gasteiger partial charge on any atom is -0.480 e. The first-order valence-corrected chi connectivity index (χ1v) is 7.59. The lowest BCUT2D eigenvalue weighted by atomic mass is 10.2. The molecule has 7 heteroatoms. The van der Waals surface area contributed by atoms with E-state index in [0.717, 1.165) is 10.2 Å². The Balaban J connectivity index is 1.86. The Morgan fingerprint density at radius 1 is 1.32 bits per heavy atom. The third kappa shape index (κ3) is 2.52. The molecule has 1 aliphatic rings. The number of carboxylic acids is 1. The number of hydrogen-bond acceptors (Lipinski definition) is 3. The summed E-state index contributed by atoms with van der Waals surface area (Å²) in [6, 6.07) is 7.54. The van der Waals surface area contributed by atoms with Crippen LogP contribution in [0.2, 0.25) is 0 Å². The quantitative estimate of drug-likeness (QED) is 0.872. The van der Waals surface area contributed by atoms with Crippen LogP contribution in [0.3, 0.4) is 0 Å². The van der Waals surface area contributed by atoms with Gasteiger partial charge in [-0.05, 0) is 44.0 Å². The van der Waals surface area contributed by atoms with E-state index in [1.165, 1.54) is 6.20 Å². The van der Waals surface area contributed by atoms with Crippen LogP contribution in [-0.2, 0) is 4.79 Å². The number of carboxylic acid groups (broad SMARTS) is 1. The van der Waals surface area contributed by atoms with Crippen LogP contribution in [0.5, 0.6) is 0 Å². The van der Waals surface area contributed by atoms with E-state index in [9.17, 15) is 9.59 Å². The van der Waals surface area contributed by atoms with Crippen molar-refractivity contribution in [3.05, 3.63) is 46.2 Å². The van der Waals surface area contributed by atoms with Crippen LogP contribution in [0, 0.1) is 6.92 Å². The molecule has 6 nitrogen and oxygen atoms in total. The number of hydrogen-bond donors (Lipinski definition) is 2. The highest BCUT2D eigenvalue weighted by Gasteiger charge is 2.51. The van der Waals surface area contributed by atoms with Gasteiger partial charge < -0.3 is 10.4 Å². The topological polar surface area (TPSA) is 84.2 Å². The number of aliphatic carboxylic acids is 1. The highest BCUT2D eigenvalue weighted by molar-refractivity contribution is 9.10. The molecular weight excluding hydrogens is 350 g/mol. The van der Waals surface area contributed by atoms with Gasteiger partial charge in [0.2, 0.25) is 0 Å². The molecule has 0 aliphatic heterocycles. The molecule has 1 aromatic heterocycles. The summed E-state index contributed by atoms with van der Waals surface area (Å²) < 4.78 is 2.61. The molecule has 3 rings (SSSR count). The number of aromatic nitrogens is 2. The Kier molecular flexibility index (Phi) is 3.52. The molecular formula is C15H14BrN3O3. The average Bonchev–Trinajstić information content (AvgIpc) is 3.16. The van der Waals surface area contributed by atoms with Crippen LogP contribution < -0.4 is 5.32 Å². The lowest BCUT2D eigenvalue weighted by molar-refractivity contribution is -0.140. The normalized spacial score (nSPS) is 15.4. The number of rotatable bonds is 4. The van der Waals surface area contributed by atoms with Crippen molar-refractivity contribution < 1.29 is 14.7 Å². The molecule has 0 atom stereocenters. The van der Waals surface area contributed by atoms with Crippen molar-refractivity contribution in [2.24, 2.45) is 0 Å². The highest BCUT2D eigenvalue weighted by Crippen LogP contribution is 2.36. The van der Waals surface area contributed by atoms with E-state index in [1.807, 2.05) is 24.3 Å². The van der Waals surface area contributed by atoms with Gasteiger partial charge in [0.05, 0.1) is 23.1 Å². The molecule has 0 saturated heterocycles. The molecule has 1 amide bonds. The van der Waals surface area contributed by atoms with Crippen molar-refractivity contribution in [3.8, 4) is 5.69 Å². The molecule has 1 heterocycles. The van der Waals surface area contributed by atoms with E-state index < -0.39 is 17.4 Å². The molecule has 0 unspecified atom stereocenters. The van der Waals surface area contributed by atoms with Crippen molar-refractivity contribution >= 4 is 27.8 Å². The van der Waals surface area contributed by atoms with Gasteiger partial charge in [-0.15, -0.1) is 0 Å². The molecule has 0 radical (unpaired) electrons. The third-order valence-corrected chi connectivity index (χ3v) is 4.37. The highest BCUT2D eigenvalue weighted by atomic mass is 79.9. The van der Waals surface area contributed by atoms with Gasteiger partial charge in [0.15, 0.2) is 0 Å². The lowest BCUT2D eigenvalue weighted by Crippen LogP contribution is -2.43. The van der Waals surface area contributed by atoms with Crippen LogP contribution in [-0.4, -0.2) is 32.3 Å². The second kappa shape index (κ2) is 5.24. The molecule has 2 aromatic rings. The molecule has 0 spiro atoms. The summed E-state index contributed by atoms with van der Waals surface area (Å²) in [5, 5.41) is 16.0. The van der Waals surface area contributed by atoms with Gasteiger partial charge in [0.1, 0.15) is 5.54 Å². The zero-order valence-electron chi connectivity index (χ0n) is 11.8. The van der Waals surface area contributed by atoms with Crippen LogP contribution >= 0.6 is 15.9 Å². The molecule has 22 heavy (non-hydrogen) atoms. The first kappa shape index (κ1) is 14.8. The van der Waals surface area contributed by atoms with E-state index in [0.29, 0.717) is 24.1 Å². The van der Waals surface area contributed by atoms with Crippen molar-refractivity contribution in [2.45, 2.75) is 25.3 Å². The fraction of sp³-hybridized carbons (Fsp3) is 0.267. The Bertz CT molecular complexity index is 748. The fourth-order valence-electron chi connectivity index (χ4n) is 2.28. The summed E-state index contributed by atoms with van der Waals surface area (Å²) in [6.45, 7) is 1.78. The number of carbonyl (C=O) groups excluding carboxylic acids is 1. The van der Waals surface area contributed by atoms with Crippen LogP contribution in [0.25, 0.3) is 5.69 Å². The zero-order chi connectivity index (χ0) is 15.9. The van der Waals surface area contributed by atoms with Gasteiger partial charge in [-0.25, -0.2) is 9.48 Å². The number of nitrogens with zero attached hydrogens (tertiary/aromatic N) is 2. The molecule has 0 bridgehead atoms. The maximum atomic E-state index is 12.3. The number of carbonyl (C=O) groups is 2. The smallest absolute Gasteiger partial charge is 0.329 e. The van der Waals surface area contributed by atoms with Crippen molar-refractivity contribution in [3.63, 3.8) is 0 Å². The average molecular weight is 364 g/mol. The Hall–Kier alpha value is -2.15. The Labute approximate surface area is 135 Å². The van der Waals surface area contributed by atoms with Crippen LogP contribution in [0.4, 0.5) is 0 Å². The van der Waals surface area contributed by atoms with E-state index >= 15 is 0 Å². The summed E-state index contributed by atoms with van der Waals surface area (Å²) in [6.07, 6.45) is 2.40. The number of amides is 1. The van der Waals surface area contributed by atoms with Crippen LogP contribution in [0.15, 0.2) is 34.9 Å². The van der Waals surface area contributed by atoms with Crippen LogP contribution in [0.1, 0.15) is 28.9 Å². The predicted molar refractivity (Wildman–Crippen MR) is 83.1 cm³/mol. The Morgan fingerprint density at radius 3 is 2.50 bits per heavy atom. The van der Waals surface area contributed by atoms with Crippen molar-refractivity contribution in [1.82, 2.24) is 15.1 Å². The Morgan fingerprint density at radius 2 is 1.95 bits per heavy atom. The maximum Gasteiger partial charge on any atom is 0.329 e. The SMILES string of the molecule is Cc1c(C(=O)NC2(C(=O)O)CC2)cnn1-c1ccc(Br)cc1. The number of benzene rings is 1. The van der Waals surface area contributed by atoms with Gasteiger partial charge in [0.25, 0.3) is 5.91 Å². The monoisotopic (exact) mass is 363 g/mol. The first-order valence-electron chi connectivity index (χ1n) is 6.79. The van der Waals surface area contributed by atoms with Crippen molar-refractivity contribution in [2.75, 3.05) is 0 Å². The minimum atomic E-state index is -1.09. The second-order valence-corrected chi connectivity index (χ2v) is 6.29. The van der Waals surface area contributed by atoms with Gasteiger partial charge in [-0.2, -0.15) is 5.10 Å². The van der Waals surface area contributed by atoms with Gasteiger partial charge in [-0.3, -0.25) is 4.79 Å². The molecule has 1 aliphatic carbocycles. The summed E-state index contributed by atoms with van der Waals surface area (Å²) >= 11 is 3.37. The lowest BCUT2D eigenvalue weighted by Gasteiger charge is -2.12. The second-order valence-electron chi connectivity index (χ2n) is 5.37. The van der Waals surface area contributed by atoms with Gasteiger partial charge in [-0.1, -0.05) is 15.9 Å². The maximum absolute atomic E-state index is 12.3. The molecule has 1 fully saturated rings.